The Morgan fingerprint density at radius 3 is 2.76 bits per heavy atom. The fourth-order valence-electron chi connectivity index (χ4n) is 4.42. The van der Waals surface area contributed by atoms with E-state index in [2.05, 4.69) is 16.9 Å². The number of aromatic nitrogens is 1. The van der Waals surface area contributed by atoms with Gasteiger partial charge in [0, 0.05) is 38.5 Å². The van der Waals surface area contributed by atoms with Gasteiger partial charge in [-0.2, -0.15) is 0 Å². The van der Waals surface area contributed by atoms with Gasteiger partial charge in [0.15, 0.2) is 0 Å². The predicted octanol–water partition coefficient (Wildman–Crippen LogP) is 2.43. The maximum atomic E-state index is 12.6. The highest BCUT2D eigenvalue weighted by Crippen LogP contribution is 2.43. The van der Waals surface area contributed by atoms with E-state index in [1.165, 1.54) is 19.3 Å². The minimum Gasteiger partial charge on any atom is -0.380 e. The highest BCUT2D eigenvalue weighted by atomic mass is 16.5. The molecule has 1 atom stereocenters. The van der Waals surface area contributed by atoms with Crippen LogP contribution < -0.4 is 0 Å². The molecule has 4 rings (SSSR count). The summed E-state index contributed by atoms with van der Waals surface area (Å²) in [5, 5.41) is 0. The minimum atomic E-state index is 0.0751. The van der Waals surface area contributed by atoms with Crippen LogP contribution in [-0.4, -0.2) is 66.6 Å². The SMILES string of the molecule is CN1CC2(CCN(C(=O)c3ccccn3)CC2)C[C@H]1COCC1CC1. The van der Waals surface area contributed by atoms with Crippen molar-refractivity contribution in [1.82, 2.24) is 14.8 Å². The van der Waals surface area contributed by atoms with Crippen LogP contribution in [0.2, 0.25) is 0 Å². The van der Waals surface area contributed by atoms with Crippen LogP contribution in [0.25, 0.3) is 0 Å². The molecular formula is C20H29N3O2. The second-order valence-electron chi connectivity index (χ2n) is 8.26. The smallest absolute Gasteiger partial charge is 0.272 e. The zero-order valence-corrected chi connectivity index (χ0v) is 15.2. The number of hydrogen-bond acceptors (Lipinski definition) is 4. The molecule has 0 unspecified atom stereocenters. The zero-order chi connectivity index (χ0) is 17.3. The van der Waals surface area contributed by atoms with Gasteiger partial charge in [0.05, 0.1) is 6.61 Å². The summed E-state index contributed by atoms with van der Waals surface area (Å²) >= 11 is 0. The van der Waals surface area contributed by atoms with Gasteiger partial charge in [0.25, 0.3) is 5.91 Å². The molecule has 2 aliphatic heterocycles. The summed E-state index contributed by atoms with van der Waals surface area (Å²) in [5.41, 5.74) is 0.928. The van der Waals surface area contributed by atoms with E-state index in [1.807, 2.05) is 23.1 Å². The summed E-state index contributed by atoms with van der Waals surface area (Å²) in [6.07, 6.45) is 7.79. The summed E-state index contributed by atoms with van der Waals surface area (Å²) < 4.78 is 5.95. The molecule has 2 saturated heterocycles. The quantitative estimate of drug-likeness (QED) is 0.824. The van der Waals surface area contributed by atoms with Gasteiger partial charge in [0.1, 0.15) is 5.69 Å². The number of piperidine rings is 1. The van der Waals surface area contributed by atoms with Crippen molar-refractivity contribution < 1.29 is 9.53 Å². The lowest BCUT2D eigenvalue weighted by atomic mass is 9.76. The van der Waals surface area contributed by atoms with E-state index in [1.54, 1.807) is 6.20 Å². The Bertz CT molecular complexity index is 594. The molecule has 1 spiro atoms. The second kappa shape index (κ2) is 7.04. The highest BCUT2D eigenvalue weighted by molar-refractivity contribution is 5.92. The maximum absolute atomic E-state index is 12.6. The molecule has 5 heteroatoms. The van der Waals surface area contributed by atoms with Crippen molar-refractivity contribution in [2.24, 2.45) is 11.3 Å². The Hall–Kier alpha value is -1.46. The summed E-state index contributed by atoms with van der Waals surface area (Å²) in [6.45, 7) is 4.64. The number of pyridine rings is 1. The van der Waals surface area contributed by atoms with Gasteiger partial charge in [-0.1, -0.05) is 6.07 Å². The van der Waals surface area contributed by atoms with Gasteiger partial charge >= 0.3 is 0 Å². The molecule has 1 aromatic heterocycles. The third kappa shape index (κ3) is 3.87. The normalized spacial score (nSPS) is 26.3. The molecule has 3 fully saturated rings. The van der Waals surface area contributed by atoms with Gasteiger partial charge < -0.3 is 14.5 Å². The molecule has 1 saturated carbocycles. The van der Waals surface area contributed by atoms with Gasteiger partial charge in [-0.25, -0.2) is 0 Å². The molecule has 0 N–H and O–H groups in total. The Balaban J connectivity index is 1.29. The molecule has 136 valence electrons. The Morgan fingerprint density at radius 2 is 2.08 bits per heavy atom. The third-order valence-electron chi connectivity index (χ3n) is 6.23. The average Bonchev–Trinajstić information content (AvgIpc) is 3.41. The van der Waals surface area contributed by atoms with E-state index in [9.17, 15) is 4.79 Å². The number of ether oxygens (including phenoxy) is 1. The Kier molecular flexibility index (Phi) is 4.78. The number of carbonyl (C=O) groups excluding carboxylic acids is 1. The van der Waals surface area contributed by atoms with E-state index in [0.29, 0.717) is 17.2 Å². The van der Waals surface area contributed by atoms with Crippen molar-refractivity contribution in [2.75, 3.05) is 39.9 Å². The lowest BCUT2D eigenvalue weighted by Gasteiger charge is -2.39. The van der Waals surface area contributed by atoms with E-state index in [4.69, 9.17) is 4.74 Å². The van der Waals surface area contributed by atoms with Crippen molar-refractivity contribution >= 4 is 5.91 Å². The number of amides is 1. The summed E-state index contributed by atoms with van der Waals surface area (Å²) in [4.78, 5) is 21.2. The molecule has 1 aromatic rings. The molecular weight excluding hydrogens is 314 g/mol. The van der Waals surface area contributed by atoms with Crippen LogP contribution in [0.3, 0.4) is 0 Å². The van der Waals surface area contributed by atoms with Gasteiger partial charge in [-0.3, -0.25) is 9.78 Å². The van der Waals surface area contributed by atoms with Gasteiger partial charge in [-0.15, -0.1) is 0 Å². The minimum absolute atomic E-state index is 0.0751. The first kappa shape index (κ1) is 17.0. The van der Waals surface area contributed by atoms with E-state index in [-0.39, 0.29) is 5.91 Å². The van der Waals surface area contributed by atoms with Crippen molar-refractivity contribution in [1.29, 1.82) is 0 Å². The van der Waals surface area contributed by atoms with Gasteiger partial charge in [-0.05, 0) is 62.6 Å². The topological polar surface area (TPSA) is 45.7 Å². The van der Waals surface area contributed by atoms with Crippen LogP contribution in [-0.2, 0) is 4.74 Å². The Morgan fingerprint density at radius 1 is 1.28 bits per heavy atom. The first-order valence-corrected chi connectivity index (χ1v) is 9.64. The third-order valence-corrected chi connectivity index (χ3v) is 6.23. The van der Waals surface area contributed by atoms with E-state index >= 15 is 0 Å². The number of likely N-dealkylation sites (N-methyl/N-ethyl adjacent to an activating group) is 1. The van der Waals surface area contributed by atoms with Crippen molar-refractivity contribution in [2.45, 2.75) is 38.1 Å². The zero-order valence-electron chi connectivity index (χ0n) is 15.2. The maximum Gasteiger partial charge on any atom is 0.272 e. The fraction of sp³-hybridized carbons (Fsp3) is 0.700. The number of nitrogens with zero attached hydrogens (tertiary/aromatic N) is 3. The van der Waals surface area contributed by atoms with Crippen LogP contribution >= 0.6 is 0 Å². The Labute approximate surface area is 150 Å². The molecule has 0 aromatic carbocycles. The molecule has 5 nitrogen and oxygen atoms in total. The van der Waals surface area contributed by atoms with E-state index < -0.39 is 0 Å². The van der Waals surface area contributed by atoms with Crippen molar-refractivity contribution in [3.8, 4) is 0 Å². The molecule has 25 heavy (non-hydrogen) atoms. The van der Waals surface area contributed by atoms with Gasteiger partial charge in [0.2, 0.25) is 0 Å². The average molecular weight is 343 g/mol. The second-order valence-corrected chi connectivity index (χ2v) is 8.26. The summed E-state index contributed by atoms with van der Waals surface area (Å²) in [5.74, 6) is 0.910. The summed E-state index contributed by atoms with van der Waals surface area (Å²) in [7, 11) is 2.23. The molecule has 0 radical (unpaired) electrons. The molecule has 3 heterocycles. The van der Waals surface area contributed by atoms with Crippen LogP contribution in [0.15, 0.2) is 24.4 Å². The molecule has 3 aliphatic rings. The lowest BCUT2D eigenvalue weighted by molar-refractivity contribution is 0.0582. The first-order chi connectivity index (χ1) is 12.2. The number of likely N-dealkylation sites (tertiary alicyclic amines) is 2. The first-order valence-electron chi connectivity index (χ1n) is 9.64. The largest absolute Gasteiger partial charge is 0.380 e. The van der Waals surface area contributed by atoms with Crippen molar-refractivity contribution in [3.05, 3.63) is 30.1 Å². The monoisotopic (exact) mass is 343 g/mol. The molecule has 1 aliphatic carbocycles. The predicted molar refractivity (Wildman–Crippen MR) is 96.4 cm³/mol. The fourth-order valence-corrected chi connectivity index (χ4v) is 4.42. The number of rotatable bonds is 5. The highest BCUT2D eigenvalue weighted by Gasteiger charge is 2.44. The van der Waals surface area contributed by atoms with Crippen molar-refractivity contribution in [3.63, 3.8) is 0 Å². The van der Waals surface area contributed by atoms with E-state index in [0.717, 1.165) is 51.6 Å². The molecule has 1 amide bonds. The lowest BCUT2D eigenvalue weighted by Crippen LogP contribution is -2.44. The molecule has 0 bridgehead atoms. The van der Waals surface area contributed by atoms with Crippen LogP contribution in [0, 0.1) is 11.3 Å². The van der Waals surface area contributed by atoms with Crippen LogP contribution in [0.1, 0.15) is 42.6 Å². The van der Waals surface area contributed by atoms with Crippen LogP contribution in [0.5, 0.6) is 0 Å². The number of hydrogen-bond donors (Lipinski definition) is 0. The summed E-state index contributed by atoms with van der Waals surface area (Å²) in [6, 6.07) is 6.08. The van der Waals surface area contributed by atoms with Crippen LogP contribution in [0.4, 0.5) is 0 Å². The number of carbonyl (C=O) groups is 1. The standard InChI is InChI=1S/C20H29N3O2/c1-22-15-20(12-17(22)14-25-13-16-5-6-16)7-10-23(11-8-20)19(24)18-4-2-3-9-21-18/h2-4,9,16-17H,5-8,10-15H2,1H3/t17-/m0/s1.